The zero-order chi connectivity index (χ0) is 11.8. The molecule has 2 aromatic heterocycles. The van der Waals surface area contributed by atoms with E-state index in [1.165, 1.54) is 0 Å². The predicted molar refractivity (Wildman–Crippen MR) is 66.2 cm³/mol. The first kappa shape index (κ1) is 11.1. The van der Waals surface area contributed by atoms with Gasteiger partial charge in [-0.05, 0) is 24.0 Å². The Morgan fingerprint density at radius 3 is 2.69 bits per heavy atom. The molecule has 0 radical (unpaired) electrons. The summed E-state index contributed by atoms with van der Waals surface area (Å²) in [6, 6.07) is 6.06. The second-order valence-electron chi connectivity index (χ2n) is 5.42. The molecule has 0 aromatic carbocycles. The van der Waals surface area contributed by atoms with Crippen molar-refractivity contribution in [1.29, 1.82) is 0 Å². The van der Waals surface area contributed by atoms with E-state index < -0.39 is 0 Å². The van der Waals surface area contributed by atoms with Crippen LogP contribution in [-0.2, 0) is 13.0 Å². The summed E-state index contributed by atoms with van der Waals surface area (Å²) in [7, 11) is 0. The number of aromatic nitrogens is 2. The van der Waals surface area contributed by atoms with Crippen LogP contribution in [0.1, 0.15) is 32.2 Å². The van der Waals surface area contributed by atoms with Crippen LogP contribution in [0.3, 0.4) is 0 Å². The molecule has 0 saturated carbocycles. The molecule has 0 aliphatic heterocycles. The average molecular weight is 217 g/mol. The SMILES string of the molecule is CC(C)(C)Cc1cn2c(CN)cccc2n1. The number of hydrogen-bond acceptors (Lipinski definition) is 2. The molecule has 0 bridgehead atoms. The molecular weight excluding hydrogens is 198 g/mol. The fourth-order valence-corrected chi connectivity index (χ4v) is 1.91. The first-order valence-corrected chi connectivity index (χ1v) is 5.65. The standard InChI is InChI=1S/C13H19N3/c1-13(2,3)7-10-9-16-11(8-14)5-4-6-12(16)15-10/h4-6,9H,7-8,14H2,1-3H3. The second-order valence-corrected chi connectivity index (χ2v) is 5.42. The van der Waals surface area contributed by atoms with Crippen LogP contribution in [-0.4, -0.2) is 9.38 Å². The van der Waals surface area contributed by atoms with Crippen molar-refractivity contribution >= 4 is 5.65 Å². The Hall–Kier alpha value is -1.35. The first-order valence-electron chi connectivity index (χ1n) is 5.65. The van der Waals surface area contributed by atoms with Crippen LogP contribution in [0.15, 0.2) is 24.4 Å². The number of hydrogen-bond donors (Lipinski definition) is 1. The third-order valence-electron chi connectivity index (χ3n) is 2.55. The van der Waals surface area contributed by atoms with Crippen molar-refractivity contribution in [2.45, 2.75) is 33.7 Å². The highest BCUT2D eigenvalue weighted by atomic mass is 15.0. The van der Waals surface area contributed by atoms with Gasteiger partial charge in [0.25, 0.3) is 0 Å². The minimum absolute atomic E-state index is 0.265. The van der Waals surface area contributed by atoms with Gasteiger partial charge in [-0.15, -0.1) is 0 Å². The summed E-state index contributed by atoms with van der Waals surface area (Å²) < 4.78 is 2.08. The van der Waals surface area contributed by atoms with E-state index in [2.05, 4.69) is 36.4 Å². The maximum atomic E-state index is 5.70. The fraction of sp³-hybridized carbons (Fsp3) is 0.462. The summed E-state index contributed by atoms with van der Waals surface area (Å²) in [6.07, 6.45) is 3.08. The summed E-state index contributed by atoms with van der Waals surface area (Å²) in [5, 5.41) is 0. The molecule has 2 rings (SSSR count). The molecule has 2 heterocycles. The Bertz CT molecular complexity index is 491. The van der Waals surface area contributed by atoms with Gasteiger partial charge in [-0.2, -0.15) is 0 Å². The van der Waals surface area contributed by atoms with Crippen molar-refractivity contribution in [3.63, 3.8) is 0 Å². The van der Waals surface area contributed by atoms with E-state index in [1.807, 2.05) is 18.2 Å². The molecule has 0 fully saturated rings. The lowest BCUT2D eigenvalue weighted by Gasteiger charge is -2.15. The molecule has 0 aliphatic carbocycles. The number of nitrogens with zero attached hydrogens (tertiary/aromatic N) is 2. The molecule has 0 atom stereocenters. The van der Waals surface area contributed by atoms with Gasteiger partial charge in [0.05, 0.1) is 5.69 Å². The Labute approximate surface area is 96.3 Å². The van der Waals surface area contributed by atoms with E-state index >= 15 is 0 Å². The van der Waals surface area contributed by atoms with Gasteiger partial charge in [-0.3, -0.25) is 0 Å². The fourth-order valence-electron chi connectivity index (χ4n) is 1.91. The van der Waals surface area contributed by atoms with Gasteiger partial charge < -0.3 is 10.1 Å². The monoisotopic (exact) mass is 217 g/mol. The van der Waals surface area contributed by atoms with E-state index in [0.29, 0.717) is 6.54 Å². The van der Waals surface area contributed by atoms with Crippen LogP contribution >= 0.6 is 0 Å². The van der Waals surface area contributed by atoms with E-state index in [-0.39, 0.29) is 5.41 Å². The van der Waals surface area contributed by atoms with Gasteiger partial charge in [0.15, 0.2) is 0 Å². The molecule has 86 valence electrons. The minimum atomic E-state index is 0.265. The van der Waals surface area contributed by atoms with Crippen LogP contribution in [0, 0.1) is 5.41 Å². The Morgan fingerprint density at radius 1 is 1.31 bits per heavy atom. The lowest BCUT2D eigenvalue weighted by atomic mass is 9.91. The third kappa shape index (κ3) is 2.25. The second kappa shape index (κ2) is 3.91. The number of imidazole rings is 1. The smallest absolute Gasteiger partial charge is 0.137 e. The first-order chi connectivity index (χ1) is 7.49. The molecule has 0 amide bonds. The number of rotatable bonds is 2. The minimum Gasteiger partial charge on any atom is -0.325 e. The van der Waals surface area contributed by atoms with E-state index in [0.717, 1.165) is 23.5 Å². The van der Waals surface area contributed by atoms with Gasteiger partial charge in [-0.1, -0.05) is 26.8 Å². The molecule has 0 spiro atoms. The predicted octanol–water partition coefficient (Wildman–Crippen LogP) is 2.38. The summed E-state index contributed by atoms with van der Waals surface area (Å²) >= 11 is 0. The van der Waals surface area contributed by atoms with Gasteiger partial charge in [0, 0.05) is 18.4 Å². The molecule has 0 unspecified atom stereocenters. The highest BCUT2D eigenvalue weighted by Gasteiger charge is 2.14. The lowest BCUT2D eigenvalue weighted by molar-refractivity contribution is 0.407. The van der Waals surface area contributed by atoms with Gasteiger partial charge >= 0.3 is 0 Å². The molecule has 0 saturated heterocycles. The maximum Gasteiger partial charge on any atom is 0.137 e. The average Bonchev–Trinajstić information content (AvgIpc) is 2.56. The zero-order valence-electron chi connectivity index (χ0n) is 10.2. The van der Waals surface area contributed by atoms with Crippen molar-refractivity contribution in [2.75, 3.05) is 0 Å². The summed E-state index contributed by atoms with van der Waals surface area (Å²) in [6.45, 7) is 7.21. The van der Waals surface area contributed by atoms with Crippen LogP contribution < -0.4 is 5.73 Å². The Balaban J connectivity index is 2.44. The maximum absolute atomic E-state index is 5.70. The highest BCUT2D eigenvalue weighted by molar-refractivity contribution is 5.42. The number of pyridine rings is 1. The Morgan fingerprint density at radius 2 is 2.06 bits per heavy atom. The van der Waals surface area contributed by atoms with Gasteiger partial charge in [0.1, 0.15) is 5.65 Å². The van der Waals surface area contributed by atoms with Gasteiger partial charge in [-0.25, -0.2) is 4.98 Å². The van der Waals surface area contributed by atoms with Crippen LogP contribution in [0.4, 0.5) is 0 Å². The van der Waals surface area contributed by atoms with E-state index in [1.54, 1.807) is 0 Å². The topological polar surface area (TPSA) is 43.3 Å². The zero-order valence-corrected chi connectivity index (χ0v) is 10.2. The summed E-state index contributed by atoms with van der Waals surface area (Å²) in [5.74, 6) is 0. The molecule has 16 heavy (non-hydrogen) atoms. The Kier molecular flexibility index (Phi) is 2.72. The van der Waals surface area contributed by atoms with Crippen LogP contribution in [0.2, 0.25) is 0 Å². The van der Waals surface area contributed by atoms with Crippen molar-refractivity contribution in [3.8, 4) is 0 Å². The molecule has 3 heteroatoms. The lowest BCUT2D eigenvalue weighted by Crippen LogP contribution is -2.09. The normalized spacial score (nSPS) is 12.2. The molecule has 2 aromatic rings. The van der Waals surface area contributed by atoms with Crippen LogP contribution in [0.5, 0.6) is 0 Å². The summed E-state index contributed by atoms with van der Waals surface area (Å²) in [4.78, 5) is 4.61. The van der Waals surface area contributed by atoms with Crippen LogP contribution in [0.25, 0.3) is 5.65 Å². The highest BCUT2D eigenvalue weighted by Crippen LogP contribution is 2.20. The third-order valence-corrected chi connectivity index (χ3v) is 2.55. The van der Waals surface area contributed by atoms with Gasteiger partial charge in [0.2, 0.25) is 0 Å². The largest absolute Gasteiger partial charge is 0.325 e. The van der Waals surface area contributed by atoms with Crippen molar-refractivity contribution in [2.24, 2.45) is 11.1 Å². The number of nitrogens with two attached hydrogens (primary N) is 1. The van der Waals surface area contributed by atoms with E-state index in [9.17, 15) is 0 Å². The molecule has 3 nitrogen and oxygen atoms in total. The quantitative estimate of drug-likeness (QED) is 0.839. The number of fused-ring (bicyclic) bond motifs is 1. The summed E-state index contributed by atoms with van der Waals surface area (Å²) in [5.41, 5.74) is 9.19. The van der Waals surface area contributed by atoms with Crippen molar-refractivity contribution < 1.29 is 0 Å². The van der Waals surface area contributed by atoms with Crippen molar-refractivity contribution in [3.05, 3.63) is 35.8 Å². The molecule has 0 aliphatic rings. The molecule has 2 N–H and O–H groups in total. The van der Waals surface area contributed by atoms with E-state index in [4.69, 9.17) is 5.73 Å². The molecular formula is C13H19N3. The van der Waals surface area contributed by atoms with Crippen molar-refractivity contribution in [1.82, 2.24) is 9.38 Å².